The summed E-state index contributed by atoms with van der Waals surface area (Å²) in [5.41, 5.74) is 3.48. The number of benzene rings is 4. The molecule has 39 heavy (non-hydrogen) atoms. The molecule has 7 nitrogen and oxygen atoms in total. The van der Waals surface area contributed by atoms with E-state index in [9.17, 15) is 9.59 Å². The van der Waals surface area contributed by atoms with E-state index in [1.807, 2.05) is 109 Å². The average Bonchev–Trinajstić information content (AvgIpc) is 3.49. The maximum atomic E-state index is 13.8. The number of nitrogens with zero attached hydrogens (tertiary/aromatic N) is 2. The molecule has 2 amide bonds. The van der Waals surface area contributed by atoms with Crippen molar-refractivity contribution < 1.29 is 23.9 Å². The highest BCUT2D eigenvalue weighted by Crippen LogP contribution is 2.48. The van der Waals surface area contributed by atoms with Crippen LogP contribution in [0, 0.1) is 5.92 Å². The van der Waals surface area contributed by atoms with Gasteiger partial charge in [0.1, 0.15) is 12.5 Å². The highest BCUT2D eigenvalue weighted by Gasteiger charge is 2.59. The molecule has 0 bridgehead atoms. The summed E-state index contributed by atoms with van der Waals surface area (Å²) in [4.78, 5) is 34.8. The number of rotatable bonds is 8. The van der Waals surface area contributed by atoms with Crippen molar-refractivity contribution in [1.29, 1.82) is 0 Å². The highest BCUT2D eigenvalue weighted by molar-refractivity contribution is 6.07. The minimum atomic E-state index is -0.911. The third kappa shape index (κ3) is 4.73. The zero-order valence-corrected chi connectivity index (χ0v) is 21.5. The Hall–Kier alpha value is -4.62. The van der Waals surface area contributed by atoms with Gasteiger partial charge in [0.25, 0.3) is 5.91 Å². The molecular weight excluding hydrogens is 492 g/mol. The lowest BCUT2D eigenvalue weighted by molar-refractivity contribution is -0.143. The molecule has 2 saturated heterocycles. The summed E-state index contributed by atoms with van der Waals surface area (Å²) < 4.78 is 11.7. The van der Waals surface area contributed by atoms with Crippen LogP contribution in [0.15, 0.2) is 109 Å². The van der Waals surface area contributed by atoms with E-state index in [4.69, 9.17) is 14.3 Å². The summed E-state index contributed by atoms with van der Waals surface area (Å²) in [6.45, 7) is 0.605. The van der Waals surface area contributed by atoms with E-state index < -0.39 is 18.1 Å². The molecule has 3 atom stereocenters. The second-order valence-electron chi connectivity index (χ2n) is 9.59. The number of amides is 2. The fraction of sp³-hybridized carbons (Fsp3) is 0.188. The number of para-hydroxylation sites is 1. The smallest absolute Gasteiger partial charge is 0.262 e. The van der Waals surface area contributed by atoms with Gasteiger partial charge < -0.3 is 9.47 Å². The minimum Gasteiger partial charge on any atom is -0.493 e. The molecule has 0 N–H and O–H groups in total. The van der Waals surface area contributed by atoms with Gasteiger partial charge in [0.05, 0.1) is 25.4 Å². The molecule has 0 aromatic heterocycles. The number of methoxy groups -OCH3 is 1. The summed E-state index contributed by atoms with van der Waals surface area (Å²) in [7, 11) is 1.59. The fourth-order valence-corrected chi connectivity index (χ4v) is 5.25. The van der Waals surface area contributed by atoms with E-state index >= 15 is 0 Å². The first-order chi connectivity index (χ1) is 19.1. The minimum absolute atomic E-state index is 0.211. The predicted octanol–water partition coefficient (Wildman–Crippen LogP) is 5.32. The number of fused-ring (bicyclic) bond motifs is 1. The van der Waals surface area contributed by atoms with Crippen molar-refractivity contribution in [2.45, 2.75) is 25.3 Å². The molecule has 0 aliphatic carbocycles. The van der Waals surface area contributed by atoms with Gasteiger partial charge in [-0.25, -0.2) is 5.06 Å². The van der Waals surface area contributed by atoms with Crippen molar-refractivity contribution in [1.82, 2.24) is 4.90 Å². The van der Waals surface area contributed by atoms with Crippen molar-refractivity contribution >= 4 is 17.5 Å². The Morgan fingerprint density at radius 1 is 0.744 bits per heavy atom. The fourth-order valence-electron chi connectivity index (χ4n) is 5.25. The van der Waals surface area contributed by atoms with E-state index in [1.54, 1.807) is 12.2 Å². The van der Waals surface area contributed by atoms with Crippen LogP contribution in [0.4, 0.5) is 5.69 Å². The van der Waals surface area contributed by atoms with Crippen LogP contribution in [-0.2, 0) is 27.6 Å². The van der Waals surface area contributed by atoms with Gasteiger partial charge in [0.2, 0.25) is 5.91 Å². The van der Waals surface area contributed by atoms with Crippen molar-refractivity contribution in [3.05, 3.63) is 126 Å². The third-order valence-electron chi connectivity index (χ3n) is 7.17. The van der Waals surface area contributed by atoms with Crippen LogP contribution in [-0.4, -0.2) is 29.9 Å². The maximum Gasteiger partial charge on any atom is 0.262 e. The lowest BCUT2D eigenvalue weighted by atomic mass is 9.90. The van der Waals surface area contributed by atoms with Gasteiger partial charge in [-0.2, -0.15) is 0 Å². The molecule has 0 unspecified atom stereocenters. The molecule has 0 radical (unpaired) electrons. The predicted molar refractivity (Wildman–Crippen MR) is 146 cm³/mol. The SMILES string of the molecule is COc1cc([C@H]2[C@H]3C(=O)N(Cc4ccccc4)C(=O)[C@H]3ON2c2ccccc2)ccc1OCc1ccccc1. The van der Waals surface area contributed by atoms with E-state index in [0.29, 0.717) is 18.1 Å². The van der Waals surface area contributed by atoms with Crippen molar-refractivity contribution in [3.63, 3.8) is 0 Å². The summed E-state index contributed by atoms with van der Waals surface area (Å²) in [5.74, 6) is -0.154. The van der Waals surface area contributed by atoms with Crippen molar-refractivity contribution in [3.8, 4) is 11.5 Å². The van der Waals surface area contributed by atoms with Gasteiger partial charge in [0.15, 0.2) is 17.6 Å². The Balaban J connectivity index is 1.33. The molecule has 0 spiro atoms. The summed E-state index contributed by atoms with van der Waals surface area (Å²) in [6, 6.07) is 34.0. The van der Waals surface area contributed by atoms with Crippen molar-refractivity contribution in [2.24, 2.45) is 5.92 Å². The molecule has 7 heteroatoms. The van der Waals surface area contributed by atoms with E-state index in [1.165, 1.54) is 4.90 Å². The van der Waals surface area contributed by atoms with E-state index in [-0.39, 0.29) is 18.4 Å². The Morgan fingerprint density at radius 3 is 2.05 bits per heavy atom. The normalized spacial score (nSPS) is 20.3. The molecular formula is C32H28N2O5. The largest absolute Gasteiger partial charge is 0.493 e. The summed E-state index contributed by atoms with van der Waals surface area (Å²) in [6.07, 6.45) is -0.911. The zero-order chi connectivity index (χ0) is 26.8. The molecule has 2 fully saturated rings. The van der Waals surface area contributed by atoms with Gasteiger partial charge in [-0.15, -0.1) is 0 Å². The number of imide groups is 1. The molecule has 2 aliphatic rings. The number of ether oxygens (including phenoxy) is 2. The van der Waals surface area contributed by atoms with E-state index in [0.717, 1.165) is 22.4 Å². The Kier molecular flexibility index (Phi) is 6.73. The van der Waals surface area contributed by atoms with Crippen LogP contribution in [0.25, 0.3) is 0 Å². The third-order valence-corrected chi connectivity index (χ3v) is 7.17. The van der Waals surface area contributed by atoms with Crippen LogP contribution in [0.5, 0.6) is 11.5 Å². The molecule has 2 aliphatic heterocycles. The number of carbonyl (C=O) groups is 2. The summed E-state index contributed by atoms with van der Waals surface area (Å²) >= 11 is 0. The average molecular weight is 521 g/mol. The molecule has 4 aromatic rings. The van der Waals surface area contributed by atoms with Gasteiger partial charge in [0, 0.05) is 0 Å². The number of carbonyl (C=O) groups excluding carboxylic acids is 2. The quantitative estimate of drug-likeness (QED) is 0.293. The van der Waals surface area contributed by atoms with Crippen molar-refractivity contribution in [2.75, 3.05) is 12.2 Å². The Bertz CT molecular complexity index is 1460. The first-order valence-corrected chi connectivity index (χ1v) is 12.9. The first kappa shape index (κ1) is 24.7. The second kappa shape index (κ2) is 10.6. The molecule has 2 heterocycles. The Labute approximate surface area is 227 Å². The molecule has 196 valence electrons. The lowest BCUT2D eigenvalue weighted by Gasteiger charge is -2.29. The van der Waals surface area contributed by atoms with Crippen LogP contribution in [0.3, 0.4) is 0 Å². The van der Waals surface area contributed by atoms with Crippen LogP contribution in [0.2, 0.25) is 0 Å². The van der Waals surface area contributed by atoms with Gasteiger partial charge >= 0.3 is 0 Å². The first-order valence-electron chi connectivity index (χ1n) is 12.9. The van der Waals surface area contributed by atoms with Gasteiger partial charge in [-0.05, 0) is 41.0 Å². The maximum absolute atomic E-state index is 13.8. The molecule has 0 saturated carbocycles. The topological polar surface area (TPSA) is 68.3 Å². The highest BCUT2D eigenvalue weighted by atomic mass is 16.7. The van der Waals surface area contributed by atoms with Crippen LogP contribution in [0.1, 0.15) is 22.7 Å². The van der Waals surface area contributed by atoms with E-state index in [2.05, 4.69) is 0 Å². The zero-order valence-electron chi connectivity index (χ0n) is 21.5. The monoisotopic (exact) mass is 520 g/mol. The standard InChI is InChI=1S/C32H28N2O5/c1-37-27-19-24(17-18-26(27)38-21-23-13-7-3-8-14-23)29-28-30(39-34(29)25-15-9-4-10-16-25)32(36)33(31(28)35)20-22-11-5-2-6-12-22/h2-19,28-30H,20-21H2,1H3/t28-,29+,30+/m1/s1. The van der Waals surface area contributed by atoms with Crippen LogP contribution >= 0.6 is 0 Å². The molecule has 4 aromatic carbocycles. The number of hydrogen-bond acceptors (Lipinski definition) is 6. The number of hydrogen-bond donors (Lipinski definition) is 0. The Morgan fingerprint density at radius 2 is 1.38 bits per heavy atom. The summed E-state index contributed by atoms with van der Waals surface area (Å²) in [5, 5.41) is 1.68. The van der Waals surface area contributed by atoms with Gasteiger partial charge in [-0.3, -0.25) is 19.3 Å². The lowest BCUT2D eigenvalue weighted by Crippen LogP contribution is -2.36. The molecule has 6 rings (SSSR count). The number of hydroxylamine groups is 1. The van der Waals surface area contributed by atoms with Gasteiger partial charge in [-0.1, -0.05) is 84.9 Å². The number of anilines is 1. The second-order valence-corrected chi connectivity index (χ2v) is 9.59. The number of likely N-dealkylation sites (tertiary alicyclic amines) is 1. The van der Waals surface area contributed by atoms with Crippen LogP contribution < -0.4 is 14.5 Å².